The maximum Gasteiger partial charge on any atom is 0.114 e. The van der Waals surface area contributed by atoms with E-state index in [0.717, 1.165) is 0 Å². The summed E-state index contributed by atoms with van der Waals surface area (Å²) in [4.78, 5) is 0. The Bertz CT molecular complexity index is 674. The van der Waals surface area contributed by atoms with Gasteiger partial charge < -0.3 is 0 Å². The zero-order valence-electron chi connectivity index (χ0n) is 11.7. The Hall–Kier alpha value is -0.496. The van der Waals surface area contributed by atoms with Crippen LogP contribution in [0, 0.1) is 0 Å². The Morgan fingerprint density at radius 2 is 1.09 bits per heavy atom. The molecule has 0 spiro atoms. The highest BCUT2D eigenvalue weighted by Gasteiger charge is 2.15. The third kappa shape index (κ3) is 3.53. The molecule has 0 amide bonds. The van der Waals surface area contributed by atoms with Crippen molar-refractivity contribution >= 4 is 119 Å². The Morgan fingerprint density at radius 3 is 1.45 bits per heavy atom. The van der Waals surface area contributed by atoms with Crippen molar-refractivity contribution in [3.63, 3.8) is 0 Å². The average molecular weight is 323 g/mol. The molecule has 1 aromatic rings. The van der Waals surface area contributed by atoms with E-state index in [9.17, 15) is 0 Å². The first kappa shape index (κ1) is 19.6. The molecule has 0 unspecified atom stereocenters. The summed E-state index contributed by atoms with van der Waals surface area (Å²) in [5, 5.41) is 0. The van der Waals surface area contributed by atoms with Crippen LogP contribution in [0.4, 0.5) is 0 Å². The maximum atomic E-state index is 6.01. The van der Waals surface area contributed by atoms with Gasteiger partial charge in [0.15, 0.2) is 0 Å². The van der Waals surface area contributed by atoms with Gasteiger partial charge in [-0.25, -0.2) is 0 Å². The summed E-state index contributed by atoms with van der Waals surface area (Å²) in [6.07, 6.45) is 0. The molecule has 0 saturated carbocycles. The molecule has 0 bridgehead atoms. The normalized spacial score (nSPS) is 13.9. The monoisotopic (exact) mass is 324 g/mol. The van der Waals surface area contributed by atoms with Crippen molar-refractivity contribution in [2.75, 3.05) is 0 Å². The fraction of sp³-hybridized carbons (Fsp3) is 0. The Kier molecular flexibility index (Phi) is 6.98. The van der Waals surface area contributed by atoms with Gasteiger partial charge in [-0.3, -0.25) is 0 Å². The second-order valence-electron chi connectivity index (χ2n) is 4.37. The van der Waals surface area contributed by atoms with Gasteiger partial charge in [0, 0.05) is 0 Å². The molecule has 10 heteroatoms. The first-order chi connectivity index (χ1) is 10.2. The van der Waals surface area contributed by atoms with E-state index in [-0.39, 0.29) is 49.4 Å². The molecule has 1 aromatic carbocycles. The van der Waals surface area contributed by atoms with Crippen molar-refractivity contribution in [3.05, 3.63) is 32.9 Å². The lowest BCUT2D eigenvalue weighted by atomic mass is 9.58. The molecule has 84 valence electrons. The van der Waals surface area contributed by atoms with Crippen LogP contribution in [0.5, 0.6) is 0 Å². The molecule has 22 heavy (non-hydrogen) atoms. The van der Waals surface area contributed by atoms with Gasteiger partial charge in [0.25, 0.3) is 0 Å². The Morgan fingerprint density at radius 1 is 0.682 bits per heavy atom. The van der Waals surface area contributed by atoms with Crippen LogP contribution in [0.15, 0.2) is 27.4 Å². The molecule has 0 aliphatic heterocycles. The first-order valence-electron chi connectivity index (χ1n) is 5.95. The highest BCUT2D eigenvalue weighted by Crippen LogP contribution is 2.24. The SMILES string of the molecule is [B]/C=C(Br)/C([B])=C([B])\C(=C\[B])c1c([B])c([B])c([B])c([B])c1[B]. The highest BCUT2D eigenvalue weighted by atomic mass is 79.9. The molecule has 1 rings (SSSR count). The van der Waals surface area contributed by atoms with Crippen LogP contribution in [-0.2, 0) is 0 Å². The highest BCUT2D eigenvalue weighted by molar-refractivity contribution is 9.12. The van der Waals surface area contributed by atoms with Crippen molar-refractivity contribution in [3.8, 4) is 0 Å². The van der Waals surface area contributed by atoms with Gasteiger partial charge in [0.05, 0.1) is 0 Å². The van der Waals surface area contributed by atoms with Gasteiger partial charge in [0.2, 0.25) is 0 Å². The second-order valence-corrected chi connectivity index (χ2v) is 5.22. The van der Waals surface area contributed by atoms with E-state index in [4.69, 9.17) is 70.6 Å². The lowest BCUT2D eigenvalue weighted by Gasteiger charge is -2.25. The van der Waals surface area contributed by atoms with Crippen molar-refractivity contribution in [1.82, 2.24) is 0 Å². The number of allylic oxidation sites excluding steroid dienone is 4. The molecule has 0 fully saturated rings. The molecule has 0 atom stereocenters. The van der Waals surface area contributed by atoms with Crippen LogP contribution in [-0.4, -0.2) is 70.6 Å². The third-order valence-electron chi connectivity index (χ3n) is 3.12. The smallest absolute Gasteiger partial charge is 0.114 e. The first-order valence-corrected chi connectivity index (χ1v) is 6.75. The van der Waals surface area contributed by atoms with E-state index in [0.29, 0.717) is 4.48 Å². The van der Waals surface area contributed by atoms with E-state index >= 15 is 0 Å². The molecule has 18 radical (unpaired) electrons. The van der Waals surface area contributed by atoms with Gasteiger partial charge in [-0.15, -0.1) is 28.3 Å². The number of hydrogen-bond donors (Lipinski definition) is 0. The molecule has 0 aliphatic rings. The molecule has 0 N–H and O–H groups in total. The summed E-state index contributed by atoms with van der Waals surface area (Å²) >= 11 is 3.16. The molecule has 0 aliphatic carbocycles. The third-order valence-corrected chi connectivity index (χ3v) is 3.81. The predicted octanol–water partition coefficient (Wildman–Crippen LogP) is -3.88. The lowest BCUT2D eigenvalue weighted by molar-refractivity contribution is 1.74. The molecule has 0 saturated heterocycles. The predicted molar refractivity (Wildman–Crippen MR) is 108 cm³/mol. The number of rotatable bonds is 3. The zero-order valence-corrected chi connectivity index (χ0v) is 13.3. The summed E-state index contributed by atoms with van der Waals surface area (Å²) < 4.78 is 0.373. The van der Waals surface area contributed by atoms with Crippen LogP contribution in [0.1, 0.15) is 5.56 Å². The molecule has 0 heterocycles. The summed E-state index contributed by atoms with van der Waals surface area (Å²) in [5.41, 5.74) is 1.21. The summed E-state index contributed by atoms with van der Waals surface area (Å²) in [5.74, 6) is 2.42. The van der Waals surface area contributed by atoms with Gasteiger partial charge in [-0.1, -0.05) is 37.8 Å². The number of hydrogen-bond acceptors (Lipinski definition) is 0. The minimum atomic E-state index is 0.0841. The van der Waals surface area contributed by atoms with E-state index < -0.39 is 0 Å². The second kappa shape index (κ2) is 7.86. The molecule has 0 aromatic heterocycles. The Labute approximate surface area is 152 Å². The zero-order chi connectivity index (χ0) is 17.2. The number of halogens is 1. The van der Waals surface area contributed by atoms with E-state index in [1.807, 2.05) is 0 Å². The van der Waals surface area contributed by atoms with Crippen molar-refractivity contribution in [1.29, 1.82) is 0 Å². The lowest BCUT2D eigenvalue weighted by Crippen LogP contribution is -2.56. The largest absolute Gasteiger partial charge is 0.125 e. The summed E-state index contributed by atoms with van der Waals surface area (Å²) in [6.45, 7) is 0. The van der Waals surface area contributed by atoms with Gasteiger partial charge in [-0.2, -0.15) is 0 Å². The van der Waals surface area contributed by atoms with Gasteiger partial charge in [0.1, 0.15) is 70.6 Å². The summed E-state index contributed by atoms with van der Waals surface area (Å²) in [6, 6.07) is 0. The minimum absolute atomic E-state index is 0.0841. The summed E-state index contributed by atoms with van der Waals surface area (Å²) in [7, 11) is 52.2. The average Bonchev–Trinajstić information content (AvgIpc) is 2.52. The topological polar surface area (TPSA) is 0 Å². The van der Waals surface area contributed by atoms with E-state index in [1.165, 1.54) is 12.0 Å². The van der Waals surface area contributed by atoms with Crippen LogP contribution in [0.25, 0.3) is 5.57 Å². The van der Waals surface area contributed by atoms with E-state index in [2.05, 4.69) is 15.9 Å². The Balaban J connectivity index is 3.74. The standard InChI is InChI=1S/C12H2B9Br/c13-1-3(6(15)7(16)4(22)2-14)5-8(17)10(19)12(21)11(20)9(5)18/h1-2H/b3-1+,4-2-,7-6-. The fourth-order valence-electron chi connectivity index (χ4n) is 1.81. The van der Waals surface area contributed by atoms with Crippen LogP contribution >= 0.6 is 15.9 Å². The van der Waals surface area contributed by atoms with Gasteiger partial charge in [-0.05, 0) is 15.6 Å². The quantitative estimate of drug-likeness (QED) is 0.394. The van der Waals surface area contributed by atoms with Crippen molar-refractivity contribution < 1.29 is 0 Å². The fourth-order valence-corrected chi connectivity index (χ4v) is 2.02. The van der Waals surface area contributed by atoms with Crippen molar-refractivity contribution in [2.24, 2.45) is 0 Å². The molecular formula is C12H2B9Br. The minimum Gasteiger partial charge on any atom is -0.125 e. The van der Waals surface area contributed by atoms with Crippen LogP contribution < -0.4 is 27.3 Å². The van der Waals surface area contributed by atoms with E-state index in [1.54, 1.807) is 0 Å². The van der Waals surface area contributed by atoms with Crippen LogP contribution in [0.2, 0.25) is 0 Å². The van der Waals surface area contributed by atoms with Crippen molar-refractivity contribution in [2.45, 2.75) is 0 Å². The van der Waals surface area contributed by atoms with Crippen LogP contribution in [0.3, 0.4) is 0 Å². The maximum absolute atomic E-state index is 6.01. The number of benzene rings is 1. The van der Waals surface area contributed by atoms with Gasteiger partial charge >= 0.3 is 0 Å². The molecular weight excluding hydrogens is 321 g/mol. The molecule has 0 nitrogen and oxygen atoms in total.